The molecule has 0 bridgehead atoms. The van der Waals surface area contributed by atoms with Crippen molar-refractivity contribution < 1.29 is 19.1 Å². The first-order valence-corrected chi connectivity index (χ1v) is 5.63. The van der Waals surface area contributed by atoms with Crippen LogP contribution in [0.3, 0.4) is 0 Å². The van der Waals surface area contributed by atoms with Gasteiger partial charge < -0.3 is 14.3 Å². The lowest BCUT2D eigenvalue weighted by Gasteiger charge is -2.08. The average molecular weight is 297 g/mol. The number of halogens is 1. The molecule has 4 nitrogen and oxygen atoms in total. The fourth-order valence-corrected chi connectivity index (χ4v) is 1.69. The maximum absolute atomic E-state index is 11.0. The molecule has 0 aliphatic heterocycles. The number of ether oxygens (including phenoxy) is 1. The summed E-state index contributed by atoms with van der Waals surface area (Å²) in [5, 5.41) is 9.03. The first-order valence-electron chi connectivity index (χ1n) is 4.83. The van der Waals surface area contributed by atoms with Gasteiger partial charge in [0.2, 0.25) is 0 Å². The van der Waals surface area contributed by atoms with Gasteiger partial charge in [-0.3, -0.25) is 0 Å². The SMILES string of the molecule is O=C(O)c1cc(Br)ccc1OCc1ccoc1. The standard InChI is InChI=1S/C12H9BrO4/c13-9-1-2-11(10(5-9)12(14)15)17-7-8-3-4-16-6-8/h1-6H,7H2,(H,14,15). The fraction of sp³-hybridized carbons (Fsp3) is 0.0833. The van der Waals surface area contributed by atoms with Crippen LogP contribution in [0.2, 0.25) is 0 Å². The summed E-state index contributed by atoms with van der Waals surface area (Å²) in [6.07, 6.45) is 3.09. The minimum Gasteiger partial charge on any atom is -0.488 e. The monoisotopic (exact) mass is 296 g/mol. The number of hydrogen-bond acceptors (Lipinski definition) is 3. The molecule has 5 heteroatoms. The van der Waals surface area contributed by atoms with E-state index in [0.29, 0.717) is 10.2 Å². The first kappa shape index (κ1) is 11.7. The highest BCUT2D eigenvalue weighted by Gasteiger charge is 2.12. The van der Waals surface area contributed by atoms with E-state index in [2.05, 4.69) is 15.9 Å². The molecule has 0 aliphatic rings. The third-order valence-electron chi connectivity index (χ3n) is 2.15. The van der Waals surface area contributed by atoms with Crippen molar-refractivity contribution in [2.24, 2.45) is 0 Å². The summed E-state index contributed by atoms with van der Waals surface area (Å²) in [6.45, 7) is 0.276. The van der Waals surface area contributed by atoms with Gasteiger partial charge in [-0.05, 0) is 24.3 Å². The van der Waals surface area contributed by atoms with Crippen LogP contribution in [0, 0.1) is 0 Å². The molecule has 0 fully saturated rings. The van der Waals surface area contributed by atoms with Crippen LogP contribution in [0.15, 0.2) is 45.7 Å². The highest BCUT2D eigenvalue weighted by molar-refractivity contribution is 9.10. The summed E-state index contributed by atoms with van der Waals surface area (Å²) in [5.41, 5.74) is 0.979. The molecule has 0 unspecified atom stereocenters. The van der Waals surface area contributed by atoms with Gasteiger partial charge in [-0.15, -0.1) is 0 Å². The number of carboxylic acids is 1. The van der Waals surface area contributed by atoms with E-state index < -0.39 is 5.97 Å². The molecule has 0 saturated carbocycles. The molecule has 17 heavy (non-hydrogen) atoms. The van der Waals surface area contributed by atoms with Crippen molar-refractivity contribution in [1.82, 2.24) is 0 Å². The van der Waals surface area contributed by atoms with Gasteiger partial charge in [0.1, 0.15) is 17.9 Å². The normalized spacial score (nSPS) is 10.2. The number of hydrogen-bond donors (Lipinski definition) is 1. The number of furan rings is 1. The molecule has 0 radical (unpaired) electrons. The number of carbonyl (C=O) groups is 1. The lowest BCUT2D eigenvalue weighted by Crippen LogP contribution is -2.03. The van der Waals surface area contributed by atoms with Gasteiger partial charge in [-0.2, -0.15) is 0 Å². The molecule has 2 rings (SSSR count). The Morgan fingerprint density at radius 2 is 2.24 bits per heavy atom. The lowest BCUT2D eigenvalue weighted by molar-refractivity contribution is 0.0691. The van der Waals surface area contributed by atoms with Crippen LogP contribution >= 0.6 is 15.9 Å². The van der Waals surface area contributed by atoms with Crippen molar-refractivity contribution in [3.63, 3.8) is 0 Å². The number of benzene rings is 1. The van der Waals surface area contributed by atoms with Gasteiger partial charge >= 0.3 is 5.97 Å². The van der Waals surface area contributed by atoms with Gasteiger partial charge in [-0.1, -0.05) is 15.9 Å². The zero-order chi connectivity index (χ0) is 12.3. The summed E-state index contributed by atoms with van der Waals surface area (Å²) in [5.74, 6) is -0.685. The van der Waals surface area contributed by atoms with Crippen LogP contribution in [0.25, 0.3) is 0 Å². The van der Waals surface area contributed by atoms with E-state index in [9.17, 15) is 4.79 Å². The molecule has 0 amide bonds. The zero-order valence-electron chi connectivity index (χ0n) is 8.72. The van der Waals surface area contributed by atoms with Gasteiger partial charge in [0.15, 0.2) is 0 Å². The summed E-state index contributed by atoms with van der Waals surface area (Å²) in [6, 6.07) is 6.62. The topological polar surface area (TPSA) is 59.7 Å². The second-order valence-corrected chi connectivity index (χ2v) is 4.28. The molecule has 0 spiro atoms. The minimum atomic E-state index is -1.02. The Kier molecular flexibility index (Phi) is 3.49. The molecule has 1 N–H and O–H groups in total. The molecular formula is C12H9BrO4. The predicted octanol–water partition coefficient (Wildman–Crippen LogP) is 3.32. The predicted molar refractivity (Wildman–Crippen MR) is 64.1 cm³/mol. The maximum Gasteiger partial charge on any atom is 0.339 e. The lowest BCUT2D eigenvalue weighted by atomic mass is 10.2. The second-order valence-electron chi connectivity index (χ2n) is 3.37. The van der Waals surface area contributed by atoms with Crippen molar-refractivity contribution in [3.05, 3.63) is 52.4 Å². The Hall–Kier alpha value is -1.75. The van der Waals surface area contributed by atoms with Gasteiger partial charge in [-0.25, -0.2) is 4.79 Å². The van der Waals surface area contributed by atoms with E-state index in [1.165, 1.54) is 6.07 Å². The Bertz CT molecular complexity index is 519. The quantitative estimate of drug-likeness (QED) is 0.940. The molecule has 1 heterocycles. The molecule has 0 atom stereocenters. The van der Waals surface area contributed by atoms with Crippen molar-refractivity contribution in [1.29, 1.82) is 0 Å². The molecule has 1 aromatic carbocycles. The van der Waals surface area contributed by atoms with E-state index >= 15 is 0 Å². The second kappa shape index (κ2) is 5.05. The third kappa shape index (κ3) is 2.88. The smallest absolute Gasteiger partial charge is 0.339 e. The number of aromatic carboxylic acids is 1. The first-order chi connectivity index (χ1) is 8.16. The largest absolute Gasteiger partial charge is 0.488 e. The van der Waals surface area contributed by atoms with E-state index in [1.54, 1.807) is 30.7 Å². The van der Waals surface area contributed by atoms with E-state index in [4.69, 9.17) is 14.3 Å². The fourth-order valence-electron chi connectivity index (χ4n) is 1.33. The van der Waals surface area contributed by atoms with Crippen LogP contribution < -0.4 is 4.74 Å². The minimum absolute atomic E-state index is 0.128. The Morgan fingerprint density at radius 3 is 2.88 bits per heavy atom. The Labute approximate surface area is 106 Å². The average Bonchev–Trinajstić information content (AvgIpc) is 2.80. The van der Waals surface area contributed by atoms with E-state index in [-0.39, 0.29) is 12.2 Å². The van der Waals surface area contributed by atoms with Gasteiger partial charge in [0.05, 0.1) is 12.5 Å². The number of carboxylic acid groups (broad SMARTS) is 1. The highest BCUT2D eigenvalue weighted by Crippen LogP contribution is 2.24. The van der Waals surface area contributed by atoms with Crippen LogP contribution in [-0.4, -0.2) is 11.1 Å². The van der Waals surface area contributed by atoms with Crippen molar-refractivity contribution in [2.45, 2.75) is 6.61 Å². The summed E-state index contributed by atoms with van der Waals surface area (Å²) in [7, 11) is 0. The van der Waals surface area contributed by atoms with Gasteiger partial charge in [0, 0.05) is 10.0 Å². The Morgan fingerprint density at radius 1 is 1.41 bits per heavy atom. The van der Waals surface area contributed by atoms with Crippen LogP contribution in [0.1, 0.15) is 15.9 Å². The summed E-state index contributed by atoms with van der Waals surface area (Å²) >= 11 is 3.22. The molecular weight excluding hydrogens is 288 g/mol. The summed E-state index contributed by atoms with van der Waals surface area (Å²) < 4.78 is 11.0. The zero-order valence-corrected chi connectivity index (χ0v) is 10.3. The van der Waals surface area contributed by atoms with Crippen LogP contribution in [0.4, 0.5) is 0 Å². The summed E-state index contributed by atoms with van der Waals surface area (Å²) in [4.78, 5) is 11.0. The number of rotatable bonds is 4. The van der Waals surface area contributed by atoms with Gasteiger partial charge in [0.25, 0.3) is 0 Å². The highest BCUT2D eigenvalue weighted by atomic mass is 79.9. The van der Waals surface area contributed by atoms with Crippen LogP contribution in [0.5, 0.6) is 5.75 Å². The third-order valence-corrected chi connectivity index (χ3v) is 2.64. The van der Waals surface area contributed by atoms with Crippen LogP contribution in [-0.2, 0) is 6.61 Å². The Balaban J connectivity index is 2.17. The molecule has 88 valence electrons. The molecule has 0 saturated heterocycles. The molecule has 1 aromatic heterocycles. The van der Waals surface area contributed by atoms with E-state index in [0.717, 1.165) is 5.56 Å². The molecule has 2 aromatic rings. The maximum atomic E-state index is 11.0. The molecule has 0 aliphatic carbocycles. The van der Waals surface area contributed by atoms with Crippen molar-refractivity contribution in [3.8, 4) is 5.75 Å². The van der Waals surface area contributed by atoms with Crippen molar-refractivity contribution >= 4 is 21.9 Å². The van der Waals surface area contributed by atoms with Crippen molar-refractivity contribution in [2.75, 3.05) is 0 Å². The van der Waals surface area contributed by atoms with E-state index in [1.807, 2.05) is 0 Å².